The summed E-state index contributed by atoms with van der Waals surface area (Å²) in [6, 6.07) is 7.97. The molecule has 1 aromatic carbocycles. The first-order valence-corrected chi connectivity index (χ1v) is 5.62. The van der Waals surface area contributed by atoms with E-state index in [1.807, 2.05) is 0 Å². The molecular formula is C13H13N3O3. The van der Waals surface area contributed by atoms with Crippen LogP contribution in [0.3, 0.4) is 0 Å². The molecule has 98 valence electrons. The van der Waals surface area contributed by atoms with Crippen molar-refractivity contribution in [1.82, 2.24) is 9.97 Å². The van der Waals surface area contributed by atoms with Gasteiger partial charge in [0.25, 0.3) is 11.5 Å². The van der Waals surface area contributed by atoms with Gasteiger partial charge in [-0.3, -0.25) is 19.9 Å². The van der Waals surface area contributed by atoms with E-state index in [-0.39, 0.29) is 17.4 Å². The molecule has 0 bridgehead atoms. The van der Waals surface area contributed by atoms with Crippen molar-refractivity contribution in [3.05, 3.63) is 51.9 Å². The van der Waals surface area contributed by atoms with E-state index >= 15 is 0 Å². The van der Waals surface area contributed by atoms with Crippen LogP contribution in [0.2, 0.25) is 0 Å². The Labute approximate surface area is 109 Å². The van der Waals surface area contributed by atoms with Crippen molar-refractivity contribution >= 4 is 11.9 Å². The number of ether oxygens (including phenoxy) is 1. The maximum atomic E-state index is 11.9. The van der Waals surface area contributed by atoms with Gasteiger partial charge in [0.05, 0.1) is 7.11 Å². The molecular weight excluding hydrogens is 246 g/mol. The van der Waals surface area contributed by atoms with Crippen molar-refractivity contribution in [2.45, 2.75) is 6.92 Å². The number of aromatic nitrogens is 2. The number of hydrogen-bond acceptors (Lipinski definition) is 4. The fourth-order valence-electron chi connectivity index (χ4n) is 1.56. The Morgan fingerprint density at radius 2 is 2.00 bits per heavy atom. The highest BCUT2D eigenvalue weighted by molar-refractivity contribution is 6.03. The van der Waals surface area contributed by atoms with Gasteiger partial charge in [-0.2, -0.15) is 0 Å². The second-order valence-electron chi connectivity index (χ2n) is 3.92. The Kier molecular flexibility index (Phi) is 3.61. The number of carbonyl (C=O) groups is 1. The summed E-state index contributed by atoms with van der Waals surface area (Å²) in [6.07, 6.45) is 0. The second-order valence-corrected chi connectivity index (χ2v) is 3.92. The molecule has 0 saturated heterocycles. The summed E-state index contributed by atoms with van der Waals surface area (Å²) in [4.78, 5) is 29.6. The molecule has 0 saturated carbocycles. The summed E-state index contributed by atoms with van der Waals surface area (Å²) >= 11 is 0. The van der Waals surface area contributed by atoms with Gasteiger partial charge in [-0.15, -0.1) is 0 Å². The van der Waals surface area contributed by atoms with Gasteiger partial charge < -0.3 is 4.74 Å². The predicted octanol–water partition coefficient (Wildman–Crippen LogP) is 1.34. The molecule has 0 radical (unpaired) electrons. The number of methoxy groups -OCH3 is 1. The van der Waals surface area contributed by atoms with Gasteiger partial charge >= 0.3 is 0 Å². The molecule has 2 N–H and O–H groups in total. The standard InChI is InChI=1S/C13H13N3O3/c1-8-7-11(17)15-13(14-8)16-12(18)9-3-5-10(19-2)6-4-9/h3-7H,1-2H3,(H2,14,15,16,17,18). The highest BCUT2D eigenvalue weighted by Gasteiger charge is 2.07. The third-order valence-corrected chi connectivity index (χ3v) is 2.45. The SMILES string of the molecule is COc1ccc(C(=O)Nc2nc(C)cc(=O)[nH]2)cc1. The minimum Gasteiger partial charge on any atom is -0.497 e. The minimum absolute atomic E-state index is 0.130. The first-order chi connectivity index (χ1) is 9.08. The molecule has 0 unspecified atom stereocenters. The van der Waals surface area contributed by atoms with Crippen LogP contribution >= 0.6 is 0 Å². The molecule has 0 atom stereocenters. The Morgan fingerprint density at radius 3 is 2.58 bits per heavy atom. The Bertz CT molecular complexity index is 647. The average Bonchev–Trinajstić information content (AvgIpc) is 2.37. The van der Waals surface area contributed by atoms with E-state index < -0.39 is 0 Å². The predicted molar refractivity (Wildman–Crippen MR) is 70.5 cm³/mol. The number of benzene rings is 1. The average molecular weight is 259 g/mol. The summed E-state index contributed by atoms with van der Waals surface area (Å²) in [5.74, 6) is 0.445. The number of carbonyl (C=O) groups excluding carboxylic acids is 1. The van der Waals surface area contributed by atoms with Gasteiger partial charge in [0.1, 0.15) is 5.75 Å². The molecule has 2 aromatic rings. The van der Waals surface area contributed by atoms with E-state index in [9.17, 15) is 9.59 Å². The normalized spacial score (nSPS) is 10.0. The Hall–Kier alpha value is -2.63. The molecule has 19 heavy (non-hydrogen) atoms. The molecule has 1 heterocycles. The number of aryl methyl sites for hydroxylation is 1. The molecule has 0 aliphatic carbocycles. The zero-order chi connectivity index (χ0) is 13.8. The van der Waals surface area contributed by atoms with Crippen LogP contribution in [0.5, 0.6) is 5.75 Å². The molecule has 0 spiro atoms. The second kappa shape index (κ2) is 5.34. The summed E-state index contributed by atoms with van der Waals surface area (Å²) in [6.45, 7) is 1.68. The topological polar surface area (TPSA) is 84.1 Å². The van der Waals surface area contributed by atoms with E-state index in [4.69, 9.17) is 4.74 Å². The zero-order valence-corrected chi connectivity index (χ0v) is 10.6. The summed E-state index contributed by atoms with van der Waals surface area (Å²) in [5, 5.41) is 2.53. The maximum absolute atomic E-state index is 11.9. The number of nitrogens with one attached hydrogen (secondary N) is 2. The molecule has 0 aliphatic rings. The highest BCUT2D eigenvalue weighted by atomic mass is 16.5. The number of rotatable bonds is 3. The number of H-pyrrole nitrogens is 1. The lowest BCUT2D eigenvalue weighted by Crippen LogP contribution is -2.18. The van der Waals surface area contributed by atoms with Crippen molar-refractivity contribution in [3.63, 3.8) is 0 Å². The quantitative estimate of drug-likeness (QED) is 0.871. The fourth-order valence-corrected chi connectivity index (χ4v) is 1.56. The van der Waals surface area contributed by atoms with Gasteiger partial charge in [-0.05, 0) is 31.2 Å². The van der Waals surface area contributed by atoms with Crippen LogP contribution in [0, 0.1) is 6.92 Å². The lowest BCUT2D eigenvalue weighted by atomic mass is 10.2. The van der Waals surface area contributed by atoms with E-state index in [0.29, 0.717) is 17.0 Å². The van der Waals surface area contributed by atoms with Crippen molar-refractivity contribution in [3.8, 4) is 5.75 Å². The summed E-state index contributed by atoms with van der Waals surface area (Å²) in [7, 11) is 1.55. The van der Waals surface area contributed by atoms with E-state index in [2.05, 4.69) is 15.3 Å². The third kappa shape index (κ3) is 3.19. The van der Waals surface area contributed by atoms with Crippen LogP contribution in [0.15, 0.2) is 35.1 Å². The van der Waals surface area contributed by atoms with E-state index in [1.165, 1.54) is 6.07 Å². The van der Waals surface area contributed by atoms with E-state index in [1.54, 1.807) is 38.3 Å². The lowest BCUT2D eigenvalue weighted by molar-refractivity contribution is 0.102. The number of hydrogen-bond donors (Lipinski definition) is 2. The van der Waals surface area contributed by atoms with Crippen molar-refractivity contribution in [2.24, 2.45) is 0 Å². The number of nitrogens with zero attached hydrogens (tertiary/aromatic N) is 1. The van der Waals surface area contributed by atoms with Crippen LogP contribution in [0.25, 0.3) is 0 Å². The first kappa shape index (κ1) is 12.8. The number of aromatic amines is 1. The largest absolute Gasteiger partial charge is 0.497 e. The smallest absolute Gasteiger partial charge is 0.257 e. The van der Waals surface area contributed by atoms with Crippen molar-refractivity contribution in [1.29, 1.82) is 0 Å². The molecule has 1 amide bonds. The number of amides is 1. The lowest BCUT2D eigenvalue weighted by Gasteiger charge is -2.05. The fraction of sp³-hybridized carbons (Fsp3) is 0.154. The molecule has 2 rings (SSSR count). The summed E-state index contributed by atoms with van der Waals surface area (Å²) in [5.41, 5.74) is 0.677. The third-order valence-electron chi connectivity index (χ3n) is 2.45. The maximum Gasteiger partial charge on any atom is 0.257 e. The van der Waals surface area contributed by atoms with E-state index in [0.717, 1.165) is 0 Å². The Balaban J connectivity index is 2.17. The van der Waals surface area contributed by atoms with Crippen LogP contribution in [-0.4, -0.2) is 23.0 Å². The monoisotopic (exact) mass is 259 g/mol. The van der Waals surface area contributed by atoms with Gasteiger partial charge in [0.2, 0.25) is 5.95 Å². The van der Waals surface area contributed by atoms with Crippen LogP contribution < -0.4 is 15.6 Å². The molecule has 0 fully saturated rings. The first-order valence-electron chi connectivity index (χ1n) is 5.62. The molecule has 0 aliphatic heterocycles. The van der Waals surface area contributed by atoms with Crippen molar-refractivity contribution < 1.29 is 9.53 Å². The highest BCUT2D eigenvalue weighted by Crippen LogP contribution is 2.12. The Morgan fingerprint density at radius 1 is 1.32 bits per heavy atom. The van der Waals surface area contributed by atoms with Crippen molar-refractivity contribution in [2.75, 3.05) is 12.4 Å². The van der Waals surface area contributed by atoms with Crippen LogP contribution in [-0.2, 0) is 0 Å². The number of anilines is 1. The van der Waals surface area contributed by atoms with Crippen LogP contribution in [0.1, 0.15) is 16.1 Å². The zero-order valence-electron chi connectivity index (χ0n) is 10.6. The van der Waals surface area contributed by atoms with Gasteiger partial charge in [-0.25, -0.2) is 4.98 Å². The van der Waals surface area contributed by atoms with Gasteiger partial charge in [-0.1, -0.05) is 0 Å². The molecule has 6 nitrogen and oxygen atoms in total. The van der Waals surface area contributed by atoms with Crippen LogP contribution in [0.4, 0.5) is 5.95 Å². The molecule has 6 heteroatoms. The van der Waals surface area contributed by atoms with Gasteiger partial charge in [0.15, 0.2) is 0 Å². The summed E-state index contributed by atoms with van der Waals surface area (Å²) < 4.78 is 5.01. The molecule has 1 aromatic heterocycles. The van der Waals surface area contributed by atoms with Gasteiger partial charge in [0, 0.05) is 17.3 Å². The minimum atomic E-state index is -0.351.